The lowest BCUT2D eigenvalue weighted by molar-refractivity contribution is 0.203. The summed E-state index contributed by atoms with van der Waals surface area (Å²) in [6.07, 6.45) is -1.07. The van der Waals surface area contributed by atoms with Crippen LogP contribution in [0.15, 0.2) is 24.3 Å². The summed E-state index contributed by atoms with van der Waals surface area (Å²) in [6.45, 7) is 0. The molecule has 74 valence electrons. The van der Waals surface area contributed by atoms with Gasteiger partial charge in [-0.2, -0.15) is 0 Å². The third-order valence-corrected chi connectivity index (χ3v) is 1.87. The Labute approximate surface area is 81.4 Å². The van der Waals surface area contributed by atoms with Gasteiger partial charge in [0.2, 0.25) is 0 Å². The number of hydrogen-bond donors (Lipinski definition) is 3. The maximum atomic E-state index is 10.5. The predicted octanol–water partition coefficient (Wildman–Crippen LogP) is -0.519. The van der Waals surface area contributed by atoms with Crippen molar-refractivity contribution in [2.75, 3.05) is 11.9 Å². The Morgan fingerprint density at radius 2 is 1.79 bits per heavy atom. The molecule has 0 unspecified atom stereocenters. The standard InChI is InChI=1S/C8H10BNO4/c1-10(8(11)12)7-4-2-6(3-5-7)9(13)14/h2-5,13-14H,1H3,(H,11,12). The van der Waals surface area contributed by atoms with E-state index < -0.39 is 13.2 Å². The maximum Gasteiger partial charge on any atom is 0.488 e. The molecule has 0 fully saturated rings. The first-order valence-corrected chi connectivity index (χ1v) is 3.95. The van der Waals surface area contributed by atoms with E-state index >= 15 is 0 Å². The number of nitrogens with zero attached hydrogens (tertiary/aromatic N) is 1. The van der Waals surface area contributed by atoms with Crippen LogP contribution in [0.5, 0.6) is 0 Å². The van der Waals surface area contributed by atoms with Crippen LogP contribution in [0, 0.1) is 0 Å². The fourth-order valence-electron chi connectivity index (χ4n) is 0.981. The zero-order valence-corrected chi connectivity index (χ0v) is 7.58. The van der Waals surface area contributed by atoms with Gasteiger partial charge in [-0.15, -0.1) is 0 Å². The van der Waals surface area contributed by atoms with Gasteiger partial charge in [-0.1, -0.05) is 12.1 Å². The fraction of sp³-hybridized carbons (Fsp3) is 0.125. The second kappa shape index (κ2) is 4.12. The van der Waals surface area contributed by atoms with Crippen molar-refractivity contribution in [3.05, 3.63) is 24.3 Å². The predicted molar refractivity (Wildman–Crippen MR) is 52.7 cm³/mol. The lowest BCUT2D eigenvalue weighted by Crippen LogP contribution is -2.30. The largest absolute Gasteiger partial charge is 0.488 e. The molecular formula is C8H10BNO4. The van der Waals surface area contributed by atoms with E-state index in [1.165, 1.54) is 31.3 Å². The van der Waals surface area contributed by atoms with E-state index in [9.17, 15) is 4.79 Å². The number of carboxylic acid groups (broad SMARTS) is 1. The first-order valence-electron chi connectivity index (χ1n) is 3.95. The molecule has 1 aromatic carbocycles. The van der Waals surface area contributed by atoms with Gasteiger partial charge in [-0.3, -0.25) is 4.90 Å². The Hall–Kier alpha value is -1.53. The molecule has 0 aliphatic carbocycles. The van der Waals surface area contributed by atoms with Crippen molar-refractivity contribution in [1.29, 1.82) is 0 Å². The molecule has 0 atom stereocenters. The summed E-state index contributed by atoms with van der Waals surface area (Å²) in [6, 6.07) is 5.92. The van der Waals surface area contributed by atoms with Gasteiger partial charge < -0.3 is 15.2 Å². The van der Waals surface area contributed by atoms with Crippen molar-refractivity contribution in [2.24, 2.45) is 0 Å². The maximum absolute atomic E-state index is 10.5. The molecule has 1 amide bonds. The number of amides is 1. The molecule has 0 bridgehead atoms. The monoisotopic (exact) mass is 195 g/mol. The van der Waals surface area contributed by atoms with Crippen LogP contribution in [0.25, 0.3) is 0 Å². The van der Waals surface area contributed by atoms with Crippen molar-refractivity contribution in [3.8, 4) is 0 Å². The van der Waals surface area contributed by atoms with Gasteiger partial charge >= 0.3 is 13.2 Å². The van der Waals surface area contributed by atoms with Crippen molar-refractivity contribution >= 4 is 24.4 Å². The van der Waals surface area contributed by atoms with Crippen molar-refractivity contribution in [2.45, 2.75) is 0 Å². The molecule has 0 aliphatic rings. The quantitative estimate of drug-likeness (QED) is 0.554. The summed E-state index contributed by atoms with van der Waals surface area (Å²) < 4.78 is 0. The second-order valence-corrected chi connectivity index (χ2v) is 2.81. The zero-order chi connectivity index (χ0) is 10.7. The van der Waals surface area contributed by atoms with Gasteiger partial charge in [0, 0.05) is 12.7 Å². The average Bonchev–Trinajstić information content (AvgIpc) is 2.16. The van der Waals surface area contributed by atoms with E-state index in [1.807, 2.05) is 0 Å². The lowest BCUT2D eigenvalue weighted by atomic mass is 9.80. The van der Waals surface area contributed by atoms with Crippen molar-refractivity contribution in [3.63, 3.8) is 0 Å². The van der Waals surface area contributed by atoms with Gasteiger partial charge in [0.25, 0.3) is 0 Å². The molecule has 6 heteroatoms. The molecule has 0 aromatic heterocycles. The van der Waals surface area contributed by atoms with Crippen LogP contribution in [0.4, 0.5) is 10.5 Å². The van der Waals surface area contributed by atoms with Gasteiger partial charge in [-0.25, -0.2) is 4.79 Å². The Morgan fingerprint density at radius 3 is 2.14 bits per heavy atom. The highest BCUT2D eigenvalue weighted by Crippen LogP contribution is 2.09. The minimum absolute atomic E-state index is 0.326. The van der Waals surface area contributed by atoms with Crippen molar-refractivity contribution < 1.29 is 19.9 Å². The van der Waals surface area contributed by atoms with E-state index in [-0.39, 0.29) is 0 Å². The third-order valence-electron chi connectivity index (χ3n) is 1.87. The minimum Gasteiger partial charge on any atom is -0.465 e. The number of carbonyl (C=O) groups is 1. The summed E-state index contributed by atoms with van der Waals surface area (Å²) in [7, 11) is -0.119. The Balaban J connectivity index is 2.88. The fourth-order valence-corrected chi connectivity index (χ4v) is 0.981. The number of hydrogen-bond acceptors (Lipinski definition) is 3. The van der Waals surface area contributed by atoms with E-state index in [0.717, 1.165) is 4.90 Å². The van der Waals surface area contributed by atoms with Crippen LogP contribution in [0.2, 0.25) is 0 Å². The summed E-state index contributed by atoms with van der Waals surface area (Å²) >= 11 is 0. The summed E-state index contributed by atoms with van der Waals surface area (Å²) in [4.78, 5) is 11.6. The number of rotatable bonds is 2. The van der Waals surface area contributed by atoms with Crippen LogP contribution in [-0.4, -0.2) is 35.4 Å². The molecule has 14 heavy (non-hydrogen) atoms. The minimum atomic E-state index is -1.53. The Kier molecular flexibility index (Phi) is 3.11. The molecule has 0 heterocycles. The number of benzene rings is 1. The molecule has 0 radical (unpaired) electrons. The van der Waals surface area contributed by atoms with Gasteiger partial charge in [0.1, 0.15) is 0 Å². The van der Waals surface area contributed by atoms with Crippen LogP contribution < -0.4 is 10.4 Å². The molecule has 0 saturated heterocycles. The molecule has 1 aromatic rings. The SMILES string of the molecule is CN(C(=O)O)c1ccc(B(O)O)cc1. The first-order chi connectivity index (χ1) is 6.52. The van der Waals surface area contributed by atoms with Crippen LogP contribution >= 0.6 is 0 Å². The van der Waals surface area contributed by atoms with E-state index in [2.05, 4.69) is 0 Å². The summed E-state index contributed by atoms with van der Waals surface area (Å²) in [5.41, 5.74) is 0.800. The molecular weight excluding hydrogens is 185 g/mol. The van der Waals surface area contributed by atoms with Gasteiger partial charge in [-0.05, 0) is 17.6 Å². The van der Waals surface area contributed by atoms with Crippen LogP contribution in [0.3, 0.4) is 0 Å². The highest BCUT2D eigenvalue weighted by atomic mass is 16.4. The molecule has 0 aliphatic heterocycles. The van der Waals surface area contributed by atoms with E-state index in [0.29, 0.717) is 11.2 Å². The average molecular weight is 195 g/mol. The summed E-state index contributed by atoms with van der Waals surface area (Å²) in [5, 5.41) is 26.2. The Bertz CT molecular complexity index is 325. The summed E-state index contributed by atoms with van der Waals surface area (Å²) in [5.74, 6) is 0. The smallest absolute Gasteiger partial charge is 0.465 e. The van der Waals surface area contributed by atoms with Crippen LogP contribution in [0.1, 0.15) is 0 Å². The second-order valence-electron chi connectivity index (χ2n) is 2.81. The first kappa shape index (κ1) is 10.6. The zero-order valence-electron chi connectivity index (χ0n) is 7.58. The van der Waals surface area contributed by atoms with Gasteiger partial charge in [0.15, 0.2) is 0 Å². The van der Waals surface area contributed by atoms with Crippen molar-refractivity contribution in [1.82, 2.24) is 0 Å². The molecule has 0 spiro atoms. The van der Waals surface area contributed by atoms with Gasteiger partial charge in [0.05, 0.1) is 0 Å². The molecule has 1 rings (SSSR count). The highest BCUT2D eigenvalue weighted by Gasteiger charge is 2.12. The Morgan fingerprint density at radius 1 is 1.29 bits per heavy atom. The normalized spacial score (nSPS) is 9.64. The molecule has 3 N–H and O–H groups in total. The van der Waals surface area contributed by atoms with E-state index in [1.54, 1.807) is 0 Å². The molecule has 0 saturated carbocycles. The lowest BCUT2D eigenvalue weighted by Gasteiger charge is -2.13. The van der Waals surface area contributed by atoms with Crippen LogP contribution in [-0.2, 0) is 0 Å². The molecule has 5 nitrogen and oxygen atoms in total. The third kappa shape index (κ3) is 2.24. The van der Waals surface area contributed by atoms with E-state index in [4.69, 9.17) is 15.2 Å². The number of anilines is 1. The highest BCUT2D eigenvalue weighted by molar-refractivity contribution is 6.58. The topological polar surface area (TPSA) is 81.0 Å².